The van der Waals surface area contributed by atoms with Gasteiger partial charge < -0.3 is 9.47 Å². The molecule has 5 heteroatoms. The maximum absolute atomic E-state index is 6.08. The SMILES string of the molecule is CCCOC1C(Br)CC1Oc1ccc(Cl)cc1Cl. The summed E-state index contributed by atoms with van der Waals surface area (Å²) in [6.45, 7) is 2.84. The fraction of sp³-hybridized carbons (Fsp3) is 0.538. The van der Waals surface area contributed by atoms with Crippen molar-refractivity contribution < 1.29 is 9.47 Å². The summed E-state index contributed by atoms with van der Waals surface area (Å²) < 4.78 is 11.6. The Morgan fingerprint density at radius 1 is 1.39 bits per heavy atom. The van der Waals surface area contributed by atoms with Crippen molar-refractivity contribution in [1.82, 2.24) is 0 Å². The summed E-state index contributed by atoms with van der Waals surface area (Å²) in [7, 11) is 0. The van der Waals surface area contributed by atoms with Crippen LogP contribution in [0.15, 0.2) is 18.2 Å². The van der Waals surface area contributed by atoms with E-state index in [2.05, 4.69) is 22.9 Å². The van der Waals surface area contributed by atoms with Gasteiger partial charge in [0.25, 0.3) is 0 Å². The summed E-state index contributed by atoms with van der Waals surface area (Å²) in [5.74, 6) is 0.663. The zero-order chi connectivity index (χ0) is 13.1. The number of halogens is 3. The van der Waals surface area contributed by atoms with Crippen LogP contribution in [-0.2, 0) is 4.74 Å². The van der Waals surface area contributed by atoms with Crippen LogP contribution >= 0.6 is 39.1 Å². The lowest BCUT2D eigenvalue weighted by Crippen LogP contribution is -2.52. The first-order chi connectivity index (χ1) is 8.61. The van der Waals surface area contributed by atoms with Crippen LogP contribution < -0.4 is 4.74 Å². The Hall–Kier alpha value is 0.0400. The zero-order valence-electron chi connectivity index (χ0n) is 10.0. The smallest absolute Gasteiger partial charge is 0.138 e. The fourth-order valence-electron chi connectivity index (χ4n) is 1.84. The van der Waals surface area contributed by atoms with Crippen LogP contribution in [0.5, 0.6) is 5.75 Å². The van der Waals surface area contributed by atoms with Crippen LogP contribution in [-0.4, -0.2) is 23.6 Å². The molecule has 0 bridgehead atoms. The molecule has 1 aliphatic carbocycles. The lowest BCUT2D eigenvalue weighted by Gasteiger charge is -2.41. The van der Waals surface area contributed by atoms with E-state index >= 15 is 0 Å². The standard InChI is InChI=1S/C13H15BrCl2O2/c1-2-5-17-13-9(14)7-12(13)18-11-4-3-8(15)6-10(11)16/h3-4,6,9,12-13H,2,5,7H2,1H3. The third-order valence-electron chi connectivity index (χ3n) is 2.87. The van der Waals surface area contributed by atoms with Crippen molar-refractivity contribution in [2.24, 2.45) is 0 Å². The van der Waals surface area contributed by atoms with Gasteiger partial charge in [-0.05, 0) is 24.6 Å². The van der Waals surface area contributed by atoms with E-state index in [1.807, 2.05) is 0 Å². The van der Waals surface area contributed by atoms with Crippen LogP contribution in [0.1, 0.15) is 19.8 Å². The number of hydrogen-bond acceptors (Lipinski definition) is 2. The maximum atomic E-state index is 6.08. The molecule has 3 atom stereocenters. The van der Waals surface area contributed by atoms with E-state index in [-0.39, 0.29) is 12.2 Å². The molecule has 0 N–H and O–H groups in total. The van der Waals surface area contributed by atoms with Crippen molar-refractivity contribution in [2.45, 2.75) is 36.8 Å². The van der Waals surface area contributed by atoms with Crippen LogP contribution in [0.4, 0.5) is 0 Å². The van der Waals surface area contributed by atoms with Gasteiger partial charge in [-0.15, -0.1) is 0 Å². The number of hydrogen-bond donors (Lipinski definition) is 0. The number of ether oxygens (including phenoxy) is 2. The predicted octanol–water partition coefficient (Wildman–Crippen LogP) is 4.70. The Labute approximate surface area is 126 Å². The fourth-order valence-corrected chi connectivity index (χ4v) is 3.16. The highest BCUT2D eigenvalue weighted by atomic mass is 79.9. The van der Waals surface area contributed by atoms with E-state index in [1.54, 1.807) is 18.2 Å². The predicted molar refractivity (Wildman–Crippen MR) is 78.2 cm³/mol. The van der Waals surface area contributed by atoms with Crippen LogP contribution in [0.25, 0.3) is 0 Å². The van der Waals surface area contributed by atoms with Gasteiger partial charge in [-0.1, -0.05) is 46.1 Å². The highest BCUT2D eigenvalue weighted by molar-refractivity contribution is 9.09. The topological polar surface area (TPSA) is 18.5 Å². The molecule has 2 nitrogen and oxygen atoms in total. The summed E-state index contributed by atoms with van der Waals surface area (Å²) in [5.41, 5.74) is 0. The molecule has 3 unspecified atom stereocenters. The number of rotatable bonds is 5. The van der Waals surface area contributed by atoms with Crippen molar-refractivity contribution >= 4 is 39.1 Å². The second kappa shape index (κ2) is 6.47. The van der Waals surface area contributed by atoms with Gasteiger partial charge in [-0.25, -0.2) is 0 Å². The molecule has 0 amide bonds. The van der Waals surface area contributed by atoms with Crippen molar-refractivity contribution in [3.8, 4) is 5.75 Å². The zero-order valence-corrected chi connectivity index (χ0v) is 13.1. The summed E-state index contributed by atoms with van der Waals surface area (Å²) in [6, 6.07) is 5.25. The molecule has 0 aromatic heterocycles. The Kier molecular flexibility index (Phi) is 5.19. The minimum Gasteiger partial charge on any atom is -0.486 e. The van der Waals surface area contributed by atoms with Crippen molar-refractivity contribution in [3.63, 3.8) is 0 Å². The van der Waals surface area contributed by atoms with Gasteiger partial charge in [0.2, 0.25) is 0 Å². The van der Waals surface area contributed by atoms with E-state index < -0.39 is 0 Å². The van der Waals surface area contributed by atoms with Crippen LogP contribution in [0.2, 0.25) is 10.0 Å². The molecule has 1 aliphatic rings. The molecule has 2 rings (SSSR count). The Morgan fingerprint density at radius 3 is 2.78 bits per heavy atom. The lowest BCUT2D eigenvalue weighted by molar-refractivity contribution is -0.0761. The average Bonchev–Trinajstić information content (AvgIpc) is 2.32. The van der Waals surface area contributed by atoms with E-state index in [9.17, 15) is 0 Å². The summed E-state index contributed by atoms with van der Waals surface area (Å²) in [5, 5.41) is 1.15. The van der Waals surface area contributed by atoms with Crippen molar-refractivity contribution in [2.75, 3.05) is 6.61 Å². The average molecular weight is 354 g/mol. The van der Waals surface area contributed by atoms with Gasteiger partial charge in [-0.2, -0.15) is 0 Å². The second-order valence-electron chi connectivity index (χ2n) is 4.32. The number of alkyl halides is 1. The molecule has 100 valence electrons. The van der Waals surface area contributed by atoms with Gasteiger partial charge in [0.1, 0.15) is 18.0 Å². The Morgan fingerprint density at radius 2 is 2.17 bits per heavy atom. The van der Waals surface area contributed by atoms with Crippen molar-refractivity contribution in [1.29, 1.82) is 0 Å². The molecule has 1 aromatic carbocycles. The van der Waals surface area contributed by atoms with E-state index in [0.29, 0.717) is 20.6 Å². The van der Waals surface area contributed by atoms with Gasteiger partial charge in [0.15, 0.2) is 0 Å². The molecule has 18 heavy (non-hydrogen) atoms. The first kappa shape index (κ1) is 14.4. The van der Waals surface area contributed by atoms with Gasteiger partial charge in [-0.3, -0.25) is 0 Å². The summed E-state index contributed by atoms with van der Waals surface area (Å²) in [6.07, 6.45) is 2.08. The third-order valence-corrected chi connectivity index (χ3v) is 4.29. The molecule has 1 fully saturated rings. The second-order valence-corrected chi connectivity index (χ2v) is 6.34. The van der Waals surface area contributed by atoms with Gasteiger partial charge >= 0.3 is 0 Å². The van der Waals surface area contributed by atoms with Crippen molar-refractivity contribution in [3.05, 3.63) is 28.2 Å². The Bertz CT molecular complexity index is 414. The van der Waals surface area contributed by atoms with Crippen LogP contribution in [0.3, 0.4) is 0 Å². The molecule has 0 saturated heterocycles. The molecule has 0 heterocycles. The molecular formula is C13H15BrCl2O2. The highest BCUT2D eigenvalue weighted by Gasteiger charge is 2.42. The van der Waals surface area contributed by atoms with Gasteiger partial charge in [0, 0.05) is 22.9 Å². The quantitative estimate of drug-likeness (QED) is 0.714. The largest absolute Gasteiger partial charge is 0.486 e. The molecular weight excluding hydrogens is 339 g/mol. The minimum atomic E-state index is 0.0552. The monoisotopic (exact) mass is 352 g/mol. The number of benzene rings is 1. The first-order valence-corrected chi connectivity index (χ1v) is 7.66. The van der Waals surface area contributed by atoms with E-state index in [1.165, 1.54) is 0 Å². The summed E-state index contributed by atoms with van der Waals surface area (Å²) in [4.78, 5) is 0.361. The lowest BCUT2D eigenvalue weighted by atomic mass is 9.91. The normalized spacial score (nSPS) is 26.8. The molecule has 1 aromatic rings. The maximum Gasteiger partial charge on any atom is 0.138 e. The third kappa shape index (κ3) is 3.32. The Balaban J connectivity index is 1.96. The molecule has 0 aliphatic heterocycles. The molecule has 0 spiro atoms. The minimum absolute atomic E-state index is 0.0552. The van der Waals surface area contributed by atoms with E-state index in [0.717, 1.165) is 19.4 Å². The first-order valence-electron chi connectivity index (χ1n) is 5.99. The highest BCUT2D eigenvalue weighted by Crippen LogP contribution is 2.37. The molecule has 0 radical (unpaired) electrons. The van der Waals surface area contributed by atoms with Crippen LogP contribution in [0, 0.1) is 0 Å². The summed E-state index contributed by atoms with van der Waals surface area (Å²) >= 11 is 15.5. The van der Waals surface area contributed by atoms with Gasteiger partial charge in [0.05, 0.1) is 5.02 Å². The van der Waals surface area contributed by atoms with E-state index in [4.69, 9.17) is 32.7 Å². The molecule has 1 saturated carbocycles.